The van der Waals surface area contributed by atoms with Crippen molar-refractivity contribution >= 4 is 15.7 Å². The maximum atomic E-state index is 12.7. The Balaban J connectivity index is 1.81. The minimum absolute atomic E-state index is 0.115. The van der Waals surface area contributed by atoms with E-state index in [9.17, 15) is 13.2 Å². The molecule has 1 saturated heterocycles. The first-order chi connectivity index (χ1) is 12.7. The second kappa shape index (κ2) is 7.16. The van der Waals surface area contributed by atoms with Gasteiger partial charge in [-0.3, -0.25) is 9.48 Å². The molecular formula is C19H22N4O3S. The molecule has 0 spiro atoms. The lowest BCUT2D eigenvalue weighted by molar-refractivity contribution is 0.0784. The normalized spacial score (nSPS) is 18.2. The Morgan fingerprint density at radius 1 is 1.41 bits per heavy atom. The number of carbonyl (C=O) groups excluding carboxylic acids is 1. The number of hydrogen-bond acceptors (Lipinski definition) is 5. The third-order valence-electron chi connectivity index (χ3n) is 5.01. The molecule has 1 unspecified atom stereocenters. The van der Waals surface area contributed by atoms with Crippen LogP contribution in [0.15, 0.2) is 24.3 Å². The van der Waals surface area contributed by atoms with Crippen LogP contribution < -0.4 is 0 Å². The number of carbonyl (C=O) groups is 1. The summed E-state index contributed by atoms with van der Waals surface area (Å²) in [4.78, 5) is 14.3. The van der Waals surface area contributed by atoms with Gasteiger partial charge in [0.25, 0.3) is 5.91 Å². The Morgan fingerprint density at radius 3 is 2.78 bits per heavy atom. The van der Waals surface area contributed by atoms with E-state index in [0.29, 0.717) is 24.1 Å². The molecule has 1 fully saturated rings. The Hall–Kier alpha value is -2.66. The van der Waals surface area contributed by atoms with Crippen LogP contribution in [0.5, 0.6) is 0 Å². The number of benzene rings is 1. The van der Waals surface area contributed by atoms with Crippen LogP contribution in [-0.4, -0.2) is 47.6 Å². The molecule has 0 aliphatic carbocycles. The van der Waals surface area contributed by atoms with E-state index in [1.807, 2.05) is 19.9 Å². The summed E-state index contributed by atoms with van der Waals surface area (Å²) in [7, 11) is -1.29. The summed E-state index contributed by atoms with van der Waals surface area (Å²) >= 11 is 0. The van der Waals surface area contributed by atoms with Crippen LogP contribution in [0.2, 0.25) is 0 Å². The fraction of sp³-hybridized carbons (Fsp3) is 0.421. The molecule has 27 heavy (non-hydrogen) atoms. The number of nitriles is 1. The van der Waals surface area contributed by atoms with Gasteiger partial charge in [-0.2, -0.15) is 10.4 Å². The number of amides is 1. The van der Waals surface area contributed by atoms with Crippen molar-refractivity contribution in [1.29, 1.82) is 5.26 Å². The van der Waals surface area contributed by atoms with Crippen molar-refractivity contribution in [1.82, 2.24) is 14.7 Å². The van der Waals surface area contributed by atoms with Crippen LogP contribution in [-0.2, 0) is 16.4 Å². The number of rotatable bonds is 4. The van der Waals surface area contributed by atoms with Gasteiger partial charge in [0.15, 0.2) is 9.84 Å². The zero-order valence-corrected chi connectivity index (χ0v) is 16.5. The van der Waals surface area contributed by atoms with E-state index >= 15 is 0 Å². The summed E-state index contributed by atoms with van der Waals surface area (Å²) in [6.45, 7) is 4.15. The molecule has 8 heteroatoms. The summed E-state index contributed by atoms with van der Waals surface area (Å²) < 4.78 is 25.3. The van der Waals surface area contributed by atoms with Gasteiger partial charge in [0.05, 0.1) is 34.9 Å². The summed E-state index contributed by atoms with van der Waals surface area (Å²) in [5.41, 5.74) is 3.51. The highest BCUT2D eigenvalue weighted by atomic mass is 32.2. The van der Waals surface area contributed by atoms with Crippen molar-refractivity contribution in [2.45, 2.75) is 32.9 Å². The number of nitrogens with zero attached hydrogens (tertiary/aromatic N) is 4. The Kier molecular flexibility index (Phi) is 5.07. The summed E-state index contributed by atoms with van der Waals surface area (Å²) in [6, 6.07) is 8.50. The molecule has 0 radical (unpaired) electrons. The average molecular weight is 386 g/mol. The molecule has 1 aliphatic heterocycles. The van der Waals surface area contributed by atoms with Crippen LogP contribution in [0.1, 0.15) is 45.3 Å². The van der Waals surface area contributed by atoms with Gasteiger partial charge in [-0.05, 0) is 38.5 Å². The SMILES string of the molecule is Cc1nn(C2CCS(=O)(=O)C2)c(C)c1CN(C)C(=O)c1cccc(C#N)c1. The van der Waals surface area contributed by atoms with Gasteiger partial charge in [0.1, 0.15) is 0 Å². The second-order valence-corrected chi connectivity index (χ2v) is 9.23. The molecule has 0 N–H and O–H groups in total. The predicted octanol–water partition coefficient (Wildman–Crippen LogP) is 2.00. The van der Waals surface area contributed by atoms with Gasteiger partial charge in [-0.1, -0.05) is 6.07 Å². The Morgan fingerprint density at radius 2 is 2.15 bits per heavy atom. The van der Waals surface area contributed by atoms with Gasteiger partial charge in [-0.15, -0.1) is 0 Å². The van der Waals surface area contributed by atoms with Crippen LogP contribution in [0.3, 0.4) is 0 Å². The first-order valence-electron chi connectivity index (χ1n) is 8.72. The van der Waals surface area contributed by atoms with Crippen LogP contribution in [0, 0.1) is 25.2 Å². The molecule has 1 amide bonds. The molecule has 3 rings (SSSR count). The minimum Gasteiger partial charge on any atom is -0.337 e. The fourth-order valence-corrected chi connectivity index (χ4v) is 5.19. The molecule has 2 aromatic rings. The number of hydrogen-bond donors (Lipinski definition) is 0. The molecule has 0 bridgehead atoms. The van der Waals surface area contributed by atoms with Crippen molar-refractivity contribution in [3.63, 3.8) is 0 Å². The summed E-state index contributed by atoms with van der Waals surface area (Å²) in [5.74, 6) is 0.130. The van der Waals surface area contributed by atoms with Gasteiger partial charge in [0, 0.05) is 30.4 Å². The molecule has 2 heterocycles. The molecule has 7 nitrogen and oxygen atoms in total. The van der Waals surface area contributed by atoms with Crippen molar-refractivity contribution < 1.29 is 13.2 Å². The van der Waals surface area contributed by atoms with Crippen LogP contribution in [0.25, 0.3) is 0 Å². The van der Waals surface area contributed by atoms with Crippen molar-refractivity contribution in [3.05, 3.63) is 52.3 Å². The molecule has 1 aromatic carbocycles. The van der Waals surface area contributed by atoms with E-state index in [4.69, 9.17) is 5.26 Å². The molecule has 0 saturated carbocycles. The van der Waals surface area contributed by atoms with E-state index in [2.05, 4.69) is 5.10 Å². The zero-order chi connectivity index (χ0) is 19.8. The number of aromatic nitrogens is 2. The van der Waals surface area contributed by atoms with Crippen molar-refractivity contribution in [2.24, 2.45) is 0 Å². The number of sulfone groups is 1. The molecule has 1 aromatic heterocycles. The maximum absolute atomic E-state index is 12.7. The lowest BCUT2D eigenvalue weighted by Crippen LogP contribution is -2.26. The average Bonchev–Trinajstić information content (AvgIpc) is 3.14. The molecule has 1 aliphatic rings. The lowest BCUT2D eigenvalue weighted by Gasteiger charge is -2.18. The van der Waals surface area contributed by atoms with E-state index in [1.54, 1.807) is 40.9 Å². The largest absolute Gasteiger partial charge is 0.337 e. The first kappa shape index (κ1) is 19.1. The topological polar surface area (TPSA) is 96.1 Å². The lowest BCUT2D eigenvalue weighted by atomic mass is 10.1. The predicted molar refractivity (Wildman–Crippen MR) is 101 cm³/mol. The summed E-state index contributed by atoms with van der Waals surface area (Å²) in [5, 5.41) is 13.5. The highest BCUT2D eigenvalue weighted by Crippen LogP contribution is 2.27. The first-order valence-corrected chi connectivity index (χ1v) is 10.5. The molecule has 142 valence electrons. The third-order valence-corrected chi connectivity index (χ3v) is 6.76. The highest BCUT2D eigenvalue weighted by Gasteiger charge is 2.31. The third kappa shape index (κ3) is 3.88. The fourth-order valence-electron chi connectivity index (χ4n) is 3.50. The molecular weight excluding hydrogens is 364 g/mol. The Bertz CT molecular complexity index is 1030. The smallest absolute Gasteiger partial charge is 0.253 e. The van der Waals surface area contributed by atoms with Crippen LogP contribution >= 0.6 is 0 Å². The van der Waals surface area contributed by atoms with E-state index < -0.39 is 9.84 Å². The van der Waals surface area contributed by atoms with E-state index in [-0.39, 0.29) is 23.5 Å². The van der Waals surface area contributed by atoms with E-state index in [0.717, 1.165) is 17.0 Å². The van der Waals surface area contributed by atoms with Gasteiger partial charge in [0.2, 0.25) is 0 Å². The summed E-state index contributed by atoms with van der Waals surface area (Å²) in [6.07, 6.45) is 0.569. The molecule has 1 atom stereocenters. The van der Waals surface area contributed by atoms with Crippen molar-refractivity contribution in [3.8, 4) is 6.07 Å². The second-order valence-electron chi connectivity index (χ2n) is 7.00. The highest BCUT2D eigenvalue weighted by molar-refractivity contribution is 7.91. The van der Waals surface area contributed by atoms with Gasteiger partial charge < -0.3 is 4.90 Å². The zero-order valence-electron chi connectivity index (χ0n) is 15.6. The maximum Gasteiger partial charge on any atom is 0.253 e. The van der Waals surface area contributed by atoms with Crippen LogP contribution in [0.4, 0.5) is 0 Å². The Labute approximate surface area is 159 Å². The number of aryl methyl sites for hydroxylation is 1. The van der Waals surface area contributed by atoms with Crippen molar-refractivity contribution in [2.75, 3.05) is 18.6 Å². The van der Waals surface area contributed by atoms with E-state index in [1.165, 1.54) is 0 Å². The standard InChI is InChI=1S/C19H22N4O3S/c1-13-18(14(2)23(21-13)17-7-8-27(25,26)12-17)11-22(3)19(24)16-6-4-5-15(9-16)10-20/h4-6,9,17H,7-8,11-12H2,1-3H3. The van der Waals surface area contributed by atoms with Gasteiger partial charge >= 0.3 is 0 Å². The van der Waals surface area contributed by atoms with Gasteiger partial charge in [-0.25, -0.2) is 8.42 Å². The minimum atomic E-state index is -2.99. The quantitative estimate of drug-likeness (QED) is 0.801. The monoisotopic (exact) mass is 386 g/mol.